The molecule has 5 heteroatoms. The zero-order valence-electron chi connectivity index (χ0n) is 11.3. The molecule has 0 fully saturated rings. The fourth-order valence-corrected chi connectivity index (χ4v) is 2.29. The molecule has 2 amide bonds. The van der Waals surface area contributed by atoms with Crippen molar-refractivity contribution in [3.63, 3.8) is 0 Å². The van der Waals surface area contributed by atoms with E-state index >= 15 is 0 Å². The lowest BCUT2D eigenvalue weighted by Gasteiger charge is -2.21. The molecule has 2 rings (SSSR count). The molecule has 1 aliphatic heterocycles. The lowest BCUT2D eigenvalue weighted by molar-refractivity contribution is 0.0638. The summed E-state index contributed by atoms with van der Waals surface area (Å²) in [5.74, 6) is -0.452. The highest BCUT2D eigenvalue weighted by atomic mass is 16.2. The van der Waals surface area contributed by atoms with E-state index in [1.54, 1.807) is 18.2 Å². The van der Waals surface area contributed by atoms with Crippen molar-refractivity contribution in [3.05, 3.63) is 29.3 Å². The van der Waals surface area contributed by atoms with Crippen molar-refractivity contribution in [2.75, 3.05) is 31.9 Å². The molecule has 1 aliphatic rings. The summed E-state index contributed by atoms with van der Waals surface area (Å²) in [6.45, 7) is 7.07. The maximum atomic E-state index is 12.2. The first-order valence-electron chi connectivity index (χ1n) is 6.56. The minimum atomic E-state index is -0.237. The number of benzene rings is 1. The Morgan fingerprint density at radius 3 is 2.37 bits per heavy atom. The zero-order chi connectivity index (χ0) is 14.0. The number of amides is 2. The third kappa shape index (κ3) is 2.46. The summed E-state index contributed by atoms with van der Waals surface area (Å²) in [6, 6.07) is 4.85. The van der Waals surface area contributed by atoms with E-state index in [4.69, 9.17) is 5.73 Å². The first-order chi connectivity index (χ1) is 9.08. The summed E-state index contributed by atoms with van der Waals surface area (Å²) in [5.41, 5.74) is 7.04. The van der Waals surface area contributed by atoms with Gasteiger partial charge in [-0.3, -0.25) is 14.5 Å². The number of nitrogens with zero attached hydrogens (tertiary/aromatic N) is 2. The normalized spacial score (nSPS) is 14.4. The van der Waals surface area contributed by atoms with Gasteiger partial charge in [0.25, 0.3) is 11.8 Å². The molecule has 0 radical (unpaired) electrons. The average Bonchev–Trinajstić information content (AvgIpc) is 2.64. The van der Waals surface area contributed by atoms with Crippen LogP contribution in [-0.2, 0) is 0 Å². The number of rotatable bonds is 5. The number of likely N-dealkylation sites (N-methyl/N-ethyl adjacent to an activating group) is 1. The van der Waals surface area contributed by atoms with Gasteiger partial charge < -0.3 is 10.6 Å². The Morgan fingerprint density at radius 2 is 1.74 bits per heavy atom. The van der Waals surface area contributed by atoms with Gasteiger partial charge in [-0.05, 0) is 31.3 Å². The largest absolute Gasteiger partial charge is 0.399 e. The highest BCUT2D eigenvalue weighted by Crippen LogP contribution is 2.24. The molecule has 0 aromatic heterocycles. The van der Waals surface area contributed by atoms with Crippen molar-refractivity contribution in [1.29, 1.82) is 0 Å². The van der Waals surface area contributed by atoms with Crippen molar-refractivity contribution < 1.29 is 9.59 Å². The number of anilines is 1. The summed E-state index contributed by atoms with van der Waals surface area (Å²) in [4.78, 5) is 27.8. The lowest BCUT2D eigenvalue weighted by Crippen LogP contribution is -2.38. The number of carbonyl (C=O) groups excluding carboxylic acids is 2. The van der Waals surface area contributed by atoms with Gasteiger partial charge in [0.1, 0.15) is 0 Å². The van der Waals surface area contributed by atoms with Crippen LogP contribution in [0.15, 0.2) is 18.2 Å². The molecule has 0 bridgehead atoms. The Morgan fingerprint density at radius 1 is 1.11 bits per heavy atom. The maximum absolute atomic E-state index is 12.2. The van der Waals surface area contributed by atoms with Crippen molar-refractivity contribution in [2.24, 2.45) is 0 Å². The third-order valence-electron chi connectivity index (χ3n) is 3.53. The number of nitrogen functional groups attached to an aromatic ring is 1. The van der Waals surface area contributed by atoms with Crippen molar-refractivity contribution in [2.45, 2.75) is 13.8 Å². The van der Waals surface area contributed by atoms with E-state index in [-0.39, 0.29) is 11.8 Å². The standard InChI is InChI=1S/C14H19N3O2/c1-3-16(4-2)7-8-17-13(18)11-6-5-10(15)9-12(11)14(17)19/h5-6,9H,3-4,7-8,15H2,1-2H3. The predicted molar refractivity (Wildman–Crippen MR) is 74.0 cm³/mol. The predicted octanol–water partition coefficient (Wildman–Crippen LogP) is 1.21. The number of hydrogen-bond acceptors (Lipinski definition) is 4. The van der Waals surface area contributed by atoms with Crippen LogP contribution in [0.1, 0.15) is 34.6 Å². The molecule has 102 valence electrons. The topological polar surface area (TPSA) is 66.6 Å². The molecule has 0 unspecified atom stereocenters. The minimum absolute atomic E-state index is 0.216. The molecule has 1 heterocycles. The molecular weight excluding hydrogens is 242 g/mol. The second-order valence-electron chi connectivity index (χ2n) is 4.59. The van der Waals surface area contributed by atoms with Gasteiger partial charge in [0.05, 0.1) is 11.1 Å². The Bertz CT molecular complexity index is 509. The lowest BCUT2D eigenvalue weighted by atomic mass is 10.1. The molecule has 0 saturated carbocycles. The number of nitrogens with two attached hydrogens (primary N) is 1. The third-order valence-corrected chi connectivity index (χ3v) is 3.53. The van der Waals surface area contributed by atoms with Gasteiger partial charge in [-0.25, -0.2) is 0 Å². The van der Waals surface area contributed by atoms with Crippen molar-refractivity contribution in [3.8, 4) is 0 Å². The van der Waals surface area contributed by atoms with Gasteiger partial charge in [0, 0.05) is 18.8 Å². The van der Waals surface area contributed by atoms with E-state index in [9.17, 15) is 9.59 Å². The van der Waals surface area contributed by atoms with Gasteiger partial charge in [-0.1, -0.05) is 13.8 Å². The number of fused-ring (bicyclic) bond motifs is 1. The first-order valence-corrected chi connectivity index (χ1v) is 6.56. The summed E-state index contributed by atoms with van der Waals surface area (Å²) in [7, 11) is 0. The molecule has 1 aromatic rings. The van der Waals surface area contributed by atoms with Gasteiger partial charge in [-0.15, -0.1) is 0 Å². The molecule has 19 heavy (non-hydrogen) atoms. The highest BCUT2D eigenvalue weighted by molar-refractivity contribution is 6.21. The van der Waals surface area contributed by atoms with Crippen LogP contribution >= 0.6 is 0 Å². The summed E-state index contributed by atoms with van der Waals surface area (Å²) in [5, 5.41) is 0. The van der Waals surface area contributed by atoms with Crippen molar-refractivity contribution in [1.82, 2.24) is 9.80 Å². The van der Waals surface area contributed by atoms with E-state index in [0.29, 0.717) is 29.9 Å². The van der Waals surface area contributed by atoms with Crippen LogP contribution in [0.3, 0.4) is 0 Å². The van der Waals surface area contributed by atoms with Crippen LogP contribution in [0.2, 0.25) is 0 Å². The van der Waals surface area contributed by atoms with Crippen LogP contribution in [0.5, 0.6) is 0 Å². The van der Waals surface area contributed by atoms with Gasteiger partial charge in [-0.2, -0.15) is 0 Å². The number of imide groups is 1. The highest BCUT2D eigenvalue weighted by Gasteiger charge is 2.35. The Balaban J connectivity index is 2.14. The minimum Gasteiger partial charge on any atom is -0.399 e. The molecule has 5 nitrogen and oxygen atoms in total. The van der Waals surface area contributed by atoms with Crippen LogP contribution in [0.25, 0.3) is 0 Å². The van der Waals surface area contributed by atoms with Gasteiger partial charge in [0.15, 0.2) is 0 Å². The summed E-state index contributed by atoms with van der Waals surface area (Å²) in [6.07, 6.45) is 0. The van der Waals surface area contributed by atoms with E-state index in [1.807, 2.05) is 0 Å². The van der Waals surface area contributed by atoms with Crippen LogP contribution in [-0.4, -0.2) is 47.8 Å². The van der Waals surface area contributed by atoms with Crippen LogP contribution in [0, 0.1) is 0 Å². The monoisotopic (exact) mass is 261 g/mol. The first kappa shape index (κ1) is 13.5. The molecule has 0 aliphatic carbocycles. The quantitative estimate of drug-likeness (QED) is 0.639. The number of hydrogen-bond donors (Lipinski definition) is 1. The molecule has 0 atom stereocenters. The molecule has 0 saturated heterocycles. The SMILES string of the molecule is CCN(CC)CCN1C(=O)c2ccc(N)cc2C1=O. The smallest absolute Gasteiger partial charge is 0.261 e. The number of carbonyl (C=O) groups is 2. The van der Waals surface area contributed by atoms with Crippen LogP contribution in [0.4, 0.5) is 5.69 Å². The Hall–Kier alpha value is -1.88. The molecule has 1 aromatic carbocycles. The van der Waals surface area contributed by atoms with E-state index in [0.717, 1.165) is 13.1 Å². The average molecular weight is 261 g/mol. The Kier molecular flexibility index (Phi) is 3.85. The van der Waals surface area contributed by atoms with E-state index < -0.39 is 0 Å². The maximum Gasteiger partial charge on any atom is 0.261 e. The van der Waals surface area contributed by atoms with Crippen molar-refractivity contribution >= 4 is 17.5 Å². The van der Waals surface area contributed by atoms with Gasteiger partial charge >= 0.3 is 0 Å². The second kappa shape index (κ2) is 5.40. The molecule has 2 N–H and O–H groups in total. The summed E-state index contributed by atoms with van der Waals surface area (Å²) < 4.78 is 0. The van der Waals surface area contributed by atoms with E-state index in [1.165, 1.54) is 4.90 Å². The fourth-order valence-electron chi connectivity index (χ4n) is 2.29. The fraction of sp³-hybridized carbons (Fsp3) is 0.429. The zero-order valence-corrected chi connectivity index (χ0v) is 11.3. The molecule has 0 spiro atoms. The summed E-state index contributed by atoms with van der Waals surface area (Å²) >= 11 is 0. The van der Waals surface area contributed by atoms with Crippen LogP contribution < -0.4 is 5.73 Å². The van der Waals surface area contributed by atoms with Gasteiger partial charge in [0.2, 0.25) is 0 Å². The van der Waals surface area contributed by atoms with E-state index in [2.05, 4.69) is 18.7 Å². The molecular formula is C14H19N3O2. The Labute approximate surface area is 113 Å². The second-order valence-corrected chi connectivity index (χ2v) is 4.59.